The summed E-state index contributed by atoms with van der Waals surface area (Å²) in [6.07, 6.45) is 2.51. The molecular weight excluding hydrogens is 245 g/mol. The fourth-order valence-electron chi connectivity index (χ4n) is 1.98. The lowest BCUT2D eigenvalue weighted by Gasteiger charge is -2.09. The number of fused-ring (bicyclic) bond motifs is 1. The Morgan fingerprint density at radius 3 is 2.95 bits per heavy atom. The Morgan fingerprint density at radius 2 is 2.21 bits per heavy atom. The van der Waals surface area contributed by atoms with Crippen molar-refractivity contribution in [1.82, 2.24) is 15.6 Å². The van der Waals surface area contributed by atoms with Crippen LogP contribution < -0.4 is 10.6 Å². The summed E-state index contributed by atoms with van der Waals surface area (Å²) in [6, 6.07) is 4.59. The highest BCUT2D eigenvalue weighted by Crippen LogP contribution is 2.19. The van der Waals surface area contributed by atoms with Gasteiger partial charge in [-0.25, -0.2) is 9.18 Å². The zero-order chi connectivity index (χ0) is 13.8. The third-order valence-corrected chi connectivity index (χ3v) is 2.83. The minimum absolute atomic E-state index is 0.113. The van der Waals surface area contributed by atoms with Crippen LogP contribution in [0.15, 0.2) is 24.4 Å². The number of amides is 2. The highest BCUT2D eigenvalue weighted by Gasteiger charge is 2.06. The molecule has 19 heavy (non-hydrogen) atoms. The maximum Gasteiger partial charge on any atom is 0.314 e. The molecule has 3 N–H and O–H groups in total. The first kappa shape index (κ1) is 13.4. The number of nitrogens with one attached hydrogen (secondary N) is 3. The monoisotopic (exact) mass is 263 g/mol. The summed E-state index contributed by atoms with van der Waals surface area (Å²) in [4.78, 5) is 14.5. The van der Waals surface area contributed by atoms with Crippen LogP contribution in [0.1, 0.15) is 19.4 Å². The van der Waals surface area contributed by atoms with E-state index in [9.17, 15) is 9.18 Å². The molecule has 5 heteroatoms. The number of rotatable bonds is 4. The molecule has 0 bridgehead atoms. The van der Waals surface area contributed by atoms with E-state index in [0.29, 0.717) is 13.0 Å². The summed E-state index contributed by atoms with van der Waals surface area (Å²) in [6.45, 7) is 4.33. The number of urea groups is 1. The Balaban J connectivity index is 1.95. The normalized spacial score (nSPS) is 10.9. The zero-order valence-corrected chi connectivity index (χ0v) is 11.1. The van der Waals surface area contributed by atoms with Crippen LogP contribution in [-0.2, 0) is 6.42 Å². The summed E-state index contributed by atoms with van der Waals surface area (Å²) in [5, 5.41) is 6.39. The molecule has 1 aromatic carbocycles. The summed E-state index contributed by atoms with van der Waals surface area (Å²) >= 11 is 0. The number of carbonyl (C=O) groups excluding carboxylic acids is 1. The molecule has 0 radical (unpaired) electrons. The molecule has 0 unspecified atom stereocenters. The van der Waals surface area contributed by atoms with Crippen LogP contribution in [0.4, 0.5) is 9.18 Å². The first-order valence-corrected chi connectivity index (χ1v) is 6.36. The molecule has 1 aromatic heterocycles. The Hall–Kier alpha value is -2.04. The van der Waals surface area contributed by atoms with Gasteiger partial charge in [0.2, 0.25) is 0 Å². The van der Waals surface area contributed by atoms with Crippen LogP contribution in [0.3, 0.4) is 0 Å². The zero-order valence-electron chi connectivity index (χ0n) is 11.1. The Bertz CT molecular complexity index is 577. The third-order valence-electron chi connectivity index (χ3n) is 2.83. The van der Waals surface area contributed by atoms with Crippen LogP contribution >= 0.6 is 0 Å². The predicted molar refractivity (Wildman–Crippen MR) is 73.6 cm³/mol. The molecule has 2 aromatic rings. The van der Waals surface area contributed by atoms with E-state index >= 15 is 0 Å². The first-order valence-electron chi connectivity index (χ1n) is 6.36. The van der Waals surface area contributed by atoms with Crippen LogP contribution in [0.25, 0.3) is 10.9 Å². The topological polar surface area (TPSA) is 56.9 Å². The summed E-state index contributed by atoms with van der Waals surface area (Å²) in [5.41, 5.74) is 1.90. The summed E-state index contributed by atoms with van der Waals surface area (Å²) in [7, 11) is 0. The number of benzene rings is 1. The second-order valence-corrected chi connectivity index (χ2v) is 4.81. The molecule has 0 saturated carbocycles. The highest BCUT2D eigenvalue weighted by atomic mass is 19.1. The van der Waals surface area contributed by atoms with Gasteiger partial charge >= 0.3 is 6.03 Å². The largest absolute Gasteiger partial charge is 0.361 e. The predicted octanol–water partition coefficient (Wildman–Crippen LogP) is 2.56. The average molecular weight is 263 g/mol. The van der Waals surface area contributed by atoms with Gasteiger partial charge < -0.3 is 15.6 Å². The quantitative estimate of drug-likeness (QED) is 0.780. The standard InChI is InChI=1S/C14H18FN3O/c1-9(2)18-14(19)16-6-5-10-8-17-13-4-3-11(15)7-12(10)13/h3-4,7-9,17H,5-6H2,1-2H3,(H2,16,18,19). The molecule has 0 saturated heterocycles. The minimum Gasteiger partial charge on any atom is -0.361 e. The molecule has 102 valence electrons. The molecule has 0 aliphatic heterocycles. The van der Waals surface area contributed by atoms with Crippen LogP contribution in [0.5, 0.6) is 0 Å². The third kappa shape index (κ3) is 3.47. The SMILES string of the molecule is CC(C)NC(=O)NCCc1c[nH]c2ccc(F)cc12. The van der Waals surface area contributed by atoms with Crippen LogP contribution in [0.2, 0.25) is 0 Å². The number of hydrogen-bond acceptors (Lipinski definition) is 1. The molecule has 0 aliphatic carbocycles. The van der Waals surface area contributed by atoms with Crippen LogP contribution in [0, 0.1) is 5.82 Å². The molecule has 1 heterocycles. The van der Waals surface area contributed by atoms with Gasteiger partial charge in [-0.1, -0.05) is 0 Å². The number of H-pyrrole nitrogens is 1. The second kappa shape index (κ2) is 5.73. The lowest BCUT2D eigenvalue weighted by molar-refractivity contribution is 0.238. The molecule has 0 fully saturated rings. The van der Waals surface area contributed by atoms with Gasteiger partial charge in [-0.05, 0) is 44.0 Å². The number of halogens is 1. The molecule has 2 rings (SSSR count). The fraction of sp³-hybridized carbons (Fsp3) is 0.357. The molecular formula is C14H18FN3O. The van der Waals surface area contributed by atoms with Crippen molar-refractivity contribution in [2.75, 3.05) is 6.54 Å². The Labute approximate surface area is 111 Å². The summed E-state index contributed by atoms with van der Waals surface area (Å²) < 4.78 is 13.2. The van der Waals surface area contributed by atoms with Gasteiger partial charge in [0.15, 0.2) is 0 Å². The van der Waals surface area contributed by atoms with Gasteiger partial charge in [0.1, 0.15) is 5.82 Å². The van der Waals surface area contributed by atoms with Crippen molar-refractivity contribution >= 4 is 16.9 Å². The van der Waals surface area contributed by atoms with Crippen LogP contribution in [-0.4, -0.2) is 23.6 Å². The van der Waals surface area contributed by atoms with Gasteiger partial charge in [-0.3, -0.25) is 0 Å². The maximum atomic E-state index is 13.2. The first-order chi connectivity index (χ1) is 9.06. The van der Waals surface area contributed by atoms with E-state index < -0.39 is 0 Å². The van der Waals surface area contributed by atoms with Gasteiger partial charge in [-0.15, -0.1) is 0 Å². The summed E-state index contributed by atoms with van der Waals surface area (Å²) in [5.74, 6) is -0.251. The van der Waals surface area contributed by atoms with E-state index in [-0.39, 0.29) is 17.9 Å². The Morgan fingerprint density at radius 1 is 1.42 bits per heavy atom. The van der Waals surface area contributed by atoms with Crippen molar-refractivity contribution in [1.29, 1.82) is 0 Å². The van der Waals surface area contributed by atoms with Crippen molar-refractivity contribution in [3.8, 4) is 0 Å². The molecule has 0 atom stereocenters. The van der Waals surface area contributed by atoms with Crippen molar-refractivity contribution < 1.29 is 9.18 Å². The lowest BCUT2D eigenvalue weighted by atomic mass is 10.1. The number of aromatic nitrogens is 1. The molecule has 2 amide bonds. The van der Waals surface area contributed by atoms with E-state index in [1.165, 1.54) is 12.1 Å². The smallest absolute Gasteiger partial charge is 0.314 e. The van der Waals surface area contributed by atoms with E-state index in [0.717, 1.165) is 16.5 Å². The second-order valence-electron chi connectivity index (χ2n) is 4.81. The van der Waals surface area contributed by atoms with E-state index in [4.69, 9.17) is 0 Å². The van der Waals surface area contributed by atoms with E-state index in [1.54, 1.807) is 6.07 Å². The van der Waals surface area contributed by atoms with Crippen molar-refractivity contribution in [2.45, 2.75) is 26.3 Å². The fourth-order valence-corrected chi connectivity index (χ4v) is 1.98. The minimum atomic E-state index is -0.251. The van der Waals surface area contributed by atoms with E-state index in [2.05, 4.69) is 15.6 Å². The van der Waals surface area contributed by atoms with Crippen molar-refractivity contribution in [2.24, 2.45) is 0 Å². The van der Waals surface area contributed by atoms with Crippen molar-refractivity contribution in [3.63, 3.8) is 0 Å². The number of carbonyl (C=O) groups is 1. The van der Waals surface area contributed by atoms with Gasteiger partial charge in [0.25, 0.3) is 0 Å². The average Bonchev–Trinajstić information content (AvgIpc) is 2.71. The molecule has 4 nitrogen and oxygen atoms in total. The van der Waals surface area contributed by atoms with Gasteiger partial charge in [0.05, 0.1) is 0 Å². The molecule has 0 aliphatic rings. The number of aromatic amines is 1. The molecule has 0 spiro atoms. The maximum absolute atomic E-state index is 13.2. The highest BCUT2D eigenvalue weighted by molar-refractivity contribution is 5.83. The van der Waals surface area contributed by atoms with Gasteiger partial charge in [-0.2, -0.15) is 0 Å². The van der Waals surface area contributed by atoms with Crippen molar-refractivity contribution in [3.05, 3.63) is 35.8 Å². The van der Waals surface area contributed by atoms with E-state index in [1.807, 2.05) is 20.0 Å². The van der Waals surface area contributed by atoms with Gasteiger partial charge in [0, 0.05) is 29.7 Å². The number of hydrogen-bond donors (Lipinski definition) is 3. The lowest BCUT2D eigenvalue weighted by Crippen LogP contribution is -2.40. The Kier molecular flexibility index (Phi) is 4.04.